The van der Waals surface area contributed by atoms with Gasteiger partial charge in [-0.2, -0.15) is 0 Å². The summed E-state index contributed by atoms with van der Waals surface area (Å²) in [5.41, 5.74) is -0.332. The molecule has 4 fully saturated rings. The first kappa shape index (κ1) is 13.2. The quantitative estimate of drug-likeness (QED) is 0.536. The summed E-state index contributed by atoms with van der Waals surface area (Å²) in [6.07, 6.45) is 5.33. The maximum absolute atomic E-state index is 12.5. The lowest BCUT2D eigenvalue weighted by Crippen LogP contribution is -2.39. The second-order valence-electron chi connectivity index (χ2n) is 9.06. The van der Waals surface area contributed by atoms with E-state index in [2.05, 4.69) is 6.92 Å². The van der Waals surface area contributed by atoms with Crippen LogP contribution in [-0.2, 0) is 9.53 Å². The highest BCUT2D eigenvalue weighted by Crippen LogP contribution is 2.70. The first-order chi connectivity index (χ1) is 9.35. The van der Waals surface area contributed by atoms with Crippen LogP contribution in [-0.4, -0.2) is 11.6 Å². The fourth-order valence-corrected chi connectivity index (χ4v) is 6.58. The number of hydrogen-bond acceptors (Lipinski definition) is 2. The molecule has 0 aliphatic heterocycles. The molecule has 4 aliphatic rings. The van der Waals surface area contributed by atoms with Crippen molar-refractivity contribution < 1.29 is 9.53 Å². The normalized spacial score (nSPS) is 52.4. The van der Waals surface area contributed by atoms with Crippen molar-refractivity contribution in [2.24, 2.45) is 47.3 Å². The minimum atomic E-state index is -0.332. The zero-order valence-corrected chi connectivity index (χ0v) is 13.3. The summed E-state index contributed by atoms with van der Waals surface area (Å²) in [6.45, 7) is 8.42. The average Bonchev–Trinajstić information content (AvgIpc) is 3.01. The first-order valence-electron chi connectivity index (χ1n) is 8.58. The smallest absolute Gasteiger partial charge is 0.309 e. The molecule has 0 amide bonds. The van der Waals surface area contributed by atoms with E-state index in [1.54, 1.807) is 0 Å². The van der Waals surface area contributed by atoms with Crippen molar-refractivity contribution in [2.75, 3.05) is 0 Å². The summed E-state index contributed by atoms with van der Waals surface area (Å²) >= 11 is 0. The molecule has 0 N–H and O–H groups in total. The number of esters is 1. The lowest BCUT2D eigenvalue weighted by Gasteiger charge is -2.40. The third-order valence-corrected chi connectivity index (χ3v) is 6.86. The third kappa shape index (κ3) is 1.72. The highest BCUT2D eigenvalue weighted by Gasteiger charge is 2.65. The molecule has 0 aromatic heterocycles. The molecular formula is C18H28O2. The van der Waals surface area contributed by atoms with Gasteiger partial charge in [0.1, 0.15) is 5.60 Å². The molecule has 4 rings (SSSR count). The van der Waals surface area contributed by atoms with Gasteiger partial charge in [0.2, 0.25) is 0 Å². The van der Waals surface area contributed by atoms with Crippen molar-refractivity contribution in [3.8, 4) is 0 Å². The maximum atomic E-state index is 12.5. The Balaban J connectivity index is 1.52. The van der Waals surface area contributed by atoms with Crippen molar-refractivity contribution in [1.82, 2.24) is 0 Å². The van der Waals surface area contributed by atoms with Gasteiger partial charge in [-0.15, -0.1) is 0 Å². The largest absolute Gasteiger partial charge is 0.460 e. The fraction of sp³-hybridized carbons (Fsp3) is 0.944. The van der Waals surface area contributed by atoms with E-state index in [9.17, 15) is 4.79 Å². The van der Waals surface area contributed by atoms with Crippen molar-refractivity contribution in [2.45, 2.75) is 59.0 Å². The maximum Gasteiger partial charge on any atom is 0.309 e. The van der Waals surface area contributed by atoms with Crippen molar-refractivity contribution in [3.63, 3.8) is 0 Å². The molecule has 8 unspecified atom stereocenters. The molecule has 0 radical (unpaired) electrons. The summed E-state index contributed by atoms with van der Waals surface area (Å²) in [4.78, 5) is 12.5. The Morgan fingerprint density at radius 2 is 1.55 bits per heavy atom. The highest BCUT2D eigenvalue weighted by molar-refractivity contribution is 5.74. The van der Waals surface area contributed by atoms with Gasteiger partial charge in [0.25, 0.3) is 0 Å². The summed E-state index contributed by atoms with van der Waals surface area (Å²) in [7, 11) is 0. The van der Waals surface area contributed by atoms with E-state index in [1.165, 1.54) is 19.3 Å². The van der Waals surface area contributed by atoms with Crippen LogP contribution in [0.5, 0.6) is 0 Å². The van der Waals surface area contributed by atoms with Gasteiger partial charge in [-0.3, -0.25) is 4.79 Å². The average molecular weight is 276 g/mol. The zero-order valence-electron chi connectivity index (χ0n) is 13.3. The molecule has 0 spiro atoms. The summed E-state index contributed by atoms with van der Waals surface area (Å²) < 4.78 is 5.69. The van der Waals surface area contributed by atoms with E-state index in [1.807, 2.05) is 20.8 Å². The highest BCUT2D eigenvalue weighted by atomic mass is 16.6. The Morgan fingerprint density at radius 1 is 0.950 bits per heavy atom. The van der Waals surface area contributed by atoms with Gasteiger partial charge in [0.05, 0.1) is 5.92 Å². The van der Waals surface area contributed by atoms with E-state index in [0.717, 1.165) is 41.9 Å². The van der Waals surface area contributed by atoms with Crippen LogP contribution in [0.4, 0.5) is 0 Å². The summed E-state index contributed by atoms with van der Waals surface area (Å²) in [5, 5.41) is 0. The molecule has 4 bridgehead atoms. The fourth-order valence-electron chi connectivity index (χ4n) is 6.58. The van der Waals surface area contributed by atoms with Crippen LogP contribution in [0.1, 0.15) is 53.4 Å². The molecule has 0 heterocycles. The van der Waals surface area contributed by atoms with Gasteiger partial charge in [0, 0.05) is 0 Å². The van der Waals surface area contributed by atoms with Gasteiger partial charge < -0.3 is 4.74 Å². The second kappa shape index (κ2) is 4.01. The lowest BCUT2D eigenvalue weighted by atomic mass is 9.65. The van der Waals surface area contributed by atoms with Crippen LogP contribution >= 0.6 is 0 Å². The number of hydrogen-bond donors (Lipinski definition) is 0. The van der Waals surface area contributed by atoms with Gasteiger partial charge in [0.15, 0.2) is 0 Å². The number of carbonyl (C=O) groups is 1. The molecule has 20 heavy (non-hydrogen) atoms. The van der Waals surface area contributed by atoms with Crippen LogP contribution in [0.25, 0.3) is 0 Å². The predicted molar refractivity (Wildman–Crippen MR) is 77.9 cm³/mol. The number of fused-ring (bicyclic) bond motifs is 9. The molecule has 0 aromatic rings. The third-order valence-electron chi connectivity index (χ3n) is 6.86. The molecule has 2 nitrogen and oxygen atoms in total. The molecule has 0 aromatic carbocycles. The molecule has 112 valence electrons. The van der Waals surface area contributed by atoms with E-state index < -0.39 is 0 Å². The topological polar surface area (TPSA) is 26.3 Å². The first-order valence-corrected chi connectivity index (χ1v) is 8.58. The van der Waals surface area contributed by atoms with Crippen LogP contribution in [0.2, 0.25) is 0 Å². The van der Waals surface area contributed by atoms with Crippen molar-refractivity contribution in [3.05, 3.63) is 0 Å². The van der Waals surface area contributed by atoms with E-state index >= 15 is 0 Å². The molecule has 4 aliphatic carbocycles. The number of rotatable bonds is 1. The Labute approximate surface area is 122 Å². The van der Waals surface area contributed by atoms with Gasteiger partial charge >= 0.3 is 5.97 Å². The minimum Gasteiger partial charge on any atom is -0.460 e. The van der Waals surface area contributed by atoms with Crippen LogP contribution in [0.3, 0.4) is 0 Å². The molecule has 4 saturated carbocycles. The van der Waals surface area contributed by atoms with Gasteiger partial charge in [-0.1, -0.05) is 6.92 Å². The molecule has 2 heteroatoms. The Hall–Kier alpha value is -0.530. The van der Waals surface area contributed by atoms with Crippen LogP contribution < -0.4 is 0 Å². The summed E-state index contributed by atoms with van der Waals surface area (Å²) in [6, 6.07) is 0. The molecule has 8 atom stereocenters. The molecule has 0 saturated heterocycles. The van der Waals surface area contributed by atoms with Crippen molar-refractivity contribution >= 4 is 5.97 Å². The lowest BCUT2D eigenvalue weighted by molar-refractivity contribution is -0.163. The number of carbonyl (C=O) groups excluding carboxylic acids is 1. The monoisotopic (exact) mass is 276 g/mol. The Morgan fingerprint density at radius 3 is 2.25 bits per heavy atom. The Kier molecular flexibility index (Phi) is 2.64. The van der Waals surface area contributed by atoms with E-state index in [-0.39, 0.29) is 17.5 Å². The van der Waals surface area contributed by atoms with Crippen LogP contribution in [0.15, 0.2) is 0 Å². The second-order valence-corrected chi connectivity index (χ2v) is 9.06. The number of ether oxygens (including phenoxy) is 1. The van der Waals surface area contributed by atoms with Crippen LogP contribution in [0, 0.1) is 47.3 Å². The standard InChI is InChI=1S/C18H28O2/c1-9-5-10-6-12(9)15-11-7-13(16(10)15)14(8-11)17(19)20-18(2,3)4/h9-16H,5-8H2,1-4H3. The van der Waals surface area contributed by atoms with E-state index in [4.69, 9.17) is 4.74 Å². The van der Waals surface area contributed by atoms with Gasteiger partial charge in [-0.25, -0.2) is 0 Å². The van der Waals surface area contributed by atoms with Crippen molar-refractivity contribution in [1.29, 1.82) is 0 Å². The Bertz CT molecular complexity index is 435. The zero-order chi connectivity index (χ0) is 14.2. The molecular weight excluding hydrogens is 248 g/mol. The summed E-state index contributed by atoms with van der Waals surface area (Å²) in [5.74, 6) is 6.50. The van der Waals surface area contributed by atoms with Gasteiger partial charge in [-0.05, 0) is 87.9 Å². The predicted octanol–water partition coefficient (Wildman–Crippen LogP) is 3.89. The minimum absolute atomic E-state index is 0.0965. The van der Waals surface area contributed by atoms with E-state index in [0.29, 0.717) is 5.92 Å². The SMILES string of the molecule is CC1CC2CC1C1C3CC(C(=O)OC(C)(C)C)C(C3)C21.